The standard InChI is InChI=1S/C9H7.C8H7.C3H3O.Fe/c1-2-5-9-7-3-6-8(9)4-1;1-2-8-6-4-3-5-7-8;1-2-3-4;/h1-7H;1-7H;2H,1H2;/q3*-1;+3. The number of fused-ring (bicyclic) bond motifs is 1. The number of carbonyl (C=O) groups excluding carboxylic acids is 1. The SMILES string of the molecule is C=C[C-]=O.[CH-]=Cc1ccccc1.[Fe+3].c1ccc2[cH-]ccc2c1. The van der Waals surface area contributed by atoms with Crippen LogP contribution < -0.4 is 0 Å². The normalized spacial score (nSPS) is 8.18. The fourth-order valence-electron chi connectivity index (χ4n) is 1.63. The van der Waals surface area contributed by atoms with E-state index < -0.39 is 0 Å². The number of allylic oxidation sites excluding steroid dienone is 1. The first-order valence-electron chi connectivity index (χ1n) is 6.51. The largest absolute Gasteiger partial charge is 3.00 e. The van der Waals surface area contributed by atoms with Gasteiger partial charge in [0.1, 0.15) is 0 Å². The van der Waals surface area contributed by atoms with Crippen LogP contribution in [0.4, 0.5) is 0 Å². The summed E-state index contributed by atoms with van der Waals surface area (Å²) in [6.07, 6.45) is 4.10. The van der Waals surface area contributed by atoms with Gasteiger partial charge >= 0.3 is 17.1 Å². The molecular formula is C20H17FeO. The Labute approximate surface area is 142 Å². The van der Waals surface area contributed by atoms with Crippen molar-refractivity contribution in [1.29, 1.82) is 0 Å². The Morgan fingerprint density at radius 1 is 1.00 bits per heavy atom. The average Bonchev–Trinajstić information content (AvgIpc) is 3.05. The molecule has 3 aromatic carbocycles. The minimum Gasteiger partial charge on any atom is -0.419 e. The van der Waals surface area contributed by atoms with Crippen molar-refractivity contribution in [2.45, 2.75) is 0 Å². The van der Waals surface area contributed by atoms with E-state index in [1.807, 2.05) is 30.3 Å². The molecule has 0 heterocycles. The molecule has 0 N–H and O–H groups in total. The van der Waals surface area contributed by atoms with Crippen LogP contribution in [0.1, 0.15) is 5.56 Å². The summed E-state index contributed by atoms with van der Waals surface area (Å²) >= 11 is 0. The Bertz CT molecular complexity index is 632. The van der Waals surface area contributed by atoms with Gasteiger partial charge in [-0.1, -0.05) is 24.3 Å². The van der Waals surface area contributed by atoms with Crippen molar-refractivity contribution in [2.75, 3.05) is 0 Å². The van der Waals surface area contributed by atoms with Crippen molar-refractivity contribution >= 4 is 23.1 Å². The molecule has 0 fully saturated rings. The molecule has 0 spiro atoms. The Hall–Kier alpha value is -2.28. The molecule has 3 rings (SSSR count). The second-order valence-corrected chi connectivity index (χ2v) is 4.05. The number of rotatable bonds is 2. The first-order valence-corrected chi connectivity index (χ1v) is 6.51. The van der Waals surface area contributed by atoms with Crippen LogP contribution in [0.25, 0.3) is 16.8 Å². The molecule has 0 aromatic heterocycles. The van der Waals surface area contributed by atoms with E-state index in [4.69, 9.17) is 11.4 Å². The predicted octanol–water partition coefficient (Wildman–Crippen LogP) is 4.97. The minimum absolute atomic E-state index is 0. The molecule has 0 saturated carbocycles. The Balaban J connectivity index is 0.000000317. The maximum Gasteiger partial charge on any atom is 3.00 e. The fourth-order valence-corrected chi connectivity index (χ4v) is 1.63. The van der Waals surface area contributed by atoms with Crippen molar-refractivity contribution in [2.24, 2.45) is 0 Å². The van der Waals surface area contributed by atoms with Gasteiger partial charge in [-0.2, -0.15) is 23.1 Å². The van der Waals surface area contributed by atoms with E-state index >= 15 is 0 Å². The molecular weight excluding hydrogens is 312 g/mol. The molecule has 0 aliphatic carbocycles. The molecule has 1 radical (unpaired) electrons. The zero-order valence-corrected chi connectivity index (χ0v) is 13.2. The molecule has 111 valence electrons. The molecule has 22 heavy (non-hydrogen) atoms. The number of benzene rings is 2. The van der Waals surface area contributed by atoms with Crippen molar-refractivity contribution in [3.63, 3.8) is 0 Å². The zero-order valence-electron chi connectivity index (χ0n) is 12.1. The van der Waals surface area contributed by atoms with E-state index in [0.717, 1.165) is 11.6 Å². The van der Waals surface area contributed by atoms with Crippen LogP contribution in [-0.2, 0) is 21.9 Å². The van der Waals surface area contributed by atoms with Crippen LogP contribution in [0.15, 0.2) is 85.5 Å². The van der Waals surface area contributed by atoms with Gasteiger partial charge in [0.15, 0.2) is 0 Å². The molecule has 0 aliphatic rings. The van der Waals surface area contributed by atoms with Gasteiger partial charge < -0.3 is 4.79 Å². The maximum absolute atomic E-state index is 8.93. The van der Waals surface area contributed by atoms with Crippen molar-refractivity contribution in [1.82, 2.24) is 0 Å². The van der Waals surface area contributed by atoms with Crippen LogP contribution in [0, 0.1) is 6.58 Å². The summed E-state index contributed by atoms with van der Waals surface area (Å²) in [7, 11) is 0. The summed E-state index contributed by atoms with van der Waals surface area (Å²) in [4.78, 5) is 8.93. The van der Waals surface area contributed by atoms with E-state index in [0.29, 0.717) is 0 Å². The molecule has 0 aliphatic heterocycles. The first kappa shape index (κ1) is 19.7. The third-order valence-electron chi connectivity index (χ3n) is 2.62. The van der Waals surface area contributed by atoms with Crippen molar-refractivity contribution in [3.05, 3.63) is 97.6 Å². The monoisotopic (exact) mass is 329 g/mol. The summed E-state index contributed by atoms with van der Waals surface area (Å²) < 4.78 is 0. The molecule has 2 heteroatoms. The van der Waals surface area contributed by atoms with Gasteiger partial charge in [-0.15, -0.1) is 41.8 Å². The van der Waals surface area contributed by atoms with Gasteiger partial charge in [0.2, 0.25) is 0 Å². The maximum atomic E-state index is 8.93. The second kappa shape index (κ2) is 12.5. The first-order chi connectivity index (χ1) is 10.3. The molecule has 3 aromatic rings. The molecule has 0 unspecified atom stereocenters. The van der Waals surface area contributed by atoms with Gasteiger partial charge in [0.25, 0.3) is 0 Å². The smallest absolute Gasteiger partial charge is 0.419 e. The molecule has 0 bridgehead atoms. The second-order valence-electron chi connectivity index (χ2n) is 4.05. The summed E-state index contributed by atoms with van der Waals surface area (Å²) in [6.45, 7) is 8.28. The van der Waals surface area contributed by atoms with E-state index in [1.165, 1.54) is 17.1 Å². The topological polar surface area (TPSA) is 17.1 Å². The Morgan fingerprint density at radius 2 is 1.59 bits per heavy atom. The summed E-state index contributed by atoms with van der Waals surface area (Å²) in [5, 5.41) is 2.66. The average molecular weight is 329 g/mol. The minimum atomic E-state index is 0. The van der Waals surface area contributed by atoms with Crippen LogP contribution in [0.3, 0.4) is 0 Å². The molecule has 0 saturated heterocycles. The van der Waals surface area contributed by atoms with Crippen LogP contribution in [-0.4, -0.2) is 6.29 Å². The fraction of sp³-hybridized carbons (Fsp3) is 0. The quantitative estimate of drug-likeness (QED) is 0.368. The zero-order chi connectivity index (χ0) is 15.3. The van der Waals surface area contributed by atoms with Gasteiger partial charge in [0, 0.05) is 0 Å². The van der Waals surface area contributed by atoms with E-state index in [9.17, 15) is 0 Å². The van der Waals surface area contributed by atoms with Crippen LogP contribution in [0.2, 0.25) is 0 Å². The predicted molar refractivity (Wildman–Crippen MR) is 90.6 cm³/mol. The van der Waals surface area contributed by atoms with Crippen LogP contribution in [0.5, 0.6) is 0 Å². The summed E-state index contributed by atoms with van der Waals surface area (Å²) in [6, 6.07) is 24.5. The summed E-state index contributed by atoms with van der Waals surface area (Å²) in [5.74, 6) is 0. The van der Waals surface area contributed by atoms with Crippen LogP contribution >= 0.6 is 0 Å². The third-order valence-corrected chi connectivity index (χ3v) is 2.62. The van der Waals surface area contributed by atoms with Gasteiger partial charge in [-0.05, 0) is 6.29 Å². The van der Waals surface area contributed by atoms with Gasteiger partial charge in [-0.25, -0.2) is 18.7 Å². The van der Waals surface area contributed by atoms with E-state index in [-0.39, 0.29) is 17.1 Å². The summed E-state index contributed by atoms with van der Waals surface area (Å²) in [5.41, 5.74) is 1.06. The Morgan fingerprint density at radius 3 is 2.09 bits per heavy atom. The van der Waals surface area contributed by atoms with Crippen molar-refractivity contribution in [3.8, 4) is 0 Å². The third kappa shape index (κ3) is 7.49. The molecule has 0 atom stereocenters. The van der Waals surface area contributed by atoms with Crippen molar-refractivity contribution < 1.29 is 21.9 Å². The van der Waals surface area contributed by atoms with Gasteiger partial charge in [0.05, 0.1) is 0 Å². The van der Waals surface area contributed by atoms with E-state index in [1.54, 1.807) is 6.08 Å². The molecule has 0 amide bonds. The molecule has 1 nitrogen and oxygen atoms in total. The van der Waals surface area contributed by atoms with Gasteiger partial charge in [-0.3, -0.25) is 6.58 Å². The number of hydrogen-bond donors (Lipinski definition) is 0. The van der Waals surface area contributed by atoms with E-state index in [2.05, 4.69) is 49.0 Å². The number of hydrogen-bond acceptors (Lipinski definition) is 1. The Kier molecular flexibility index (Phi) is 11.2.